The van der Waals surface area contributed by atoms with Crippen molar-refractivity contribution in [2.24, 2.45) is 5.73 Å². The van der Waals surface area contributed by atoms with Gasteiger partial charge in [0.2, 0.25) is 0 Å². The van der Waals surface area contributed by atoms with Crippen molar-refractivity contribution >= 4 is 15.9 Å². The van der Waals surface area contributed by atoms with Gasteiger partial charge in [0.1, 0.15) is 11.5 Å². The molecule has 4 heteroatoms. The maximum absolute atomic E-state index is 5.97. The molecule has 2 rings (SSSR count). The van der Waals surface area contributed by atoms with Gasteiger partial charge in [0.25, 0.3) is 0 Å². The average Bonchev–Trinajstić information content (AvgIpc) is 2.43. The Bertz CT molecular complexity index is 572. The molecule has 2 aromatic carbocycles. The predicted octanol–water partition coefficient (Wildman–Crippen LogP) is 3.89. The zero-order valence-corrected chi connectivity index (χ0v) is 13.0. The van der Waals surface area contributed by atoms with Crippen molar-refractivity contribution < 1.29 is 9.47 Å². The zero-order chi connectivity index (χ0) is 14.4. The van der Waals surface area contributed by atoms with E-state index in [1.54, 1.807) is 7.11 Å². The van der Waals surface area contributed by atoms with E-state index in [1.165, 1.54) is 0 Å². The van der Waals surface area contributed by atoms with Crippen LogP contribution in [0.3, 0.4) is 0 Å². The molecule has 0 atom stereocenters. The third-order valence-electron chi connectivity index (χ3n) is 2.87. The quantitative estimate of drug-likeness (QED) is 0.870. The highest BCUT2D eigenvalue weighted by Crippen LogP contribution is 2.28. The molecule has 0 unspecified atom stereocenters. The molecule has 0 heterocycles. The molecular weight excluding hydrogens is 318 g/mol. The summed E-state index contributed by atoms with van der Waals surface area (Å²) in [6, 6.07) is 13.9. The lowest BCUT2D eigenvalue weighted by atomic mass is 10.1. The van der Waals surface area contributed by atoms with Crippen molar-refractivity contribution in [3.63, 3.8) is 0 Å². The van der Waals surface area contributed by atoms with E-state index in [-0.39, 0.29) is 0 Å². The number of rotatable bonds is 6. The number of hydrogen-bond acceptors (Lipinski definition) is 3. The fraction of sp³-hybridized carbons (Fsp3) is 0.250. The van der Waals surface area contributed by atoms with Crippen LogP contribution in [-0.4, -0.2) is 13.7 Å². The number of nitrogens with two attached hydrogens (primary N) is 1. The van der Waals surface area contributed by atoms with Crippen LogP contribution in [0.25, 0.3) is 0 Å². The number of halogens is 1. The lowest BCUT2D eigenvalue weighted by molar-refractivity contribution is 0.184. The summed E-state index contributed by atoms with van der Waals surface area (Å²) in [5, 5.41) is 0. The van der Waals surface area contributed by atoms with Gasteiger partial charge in [-0.05, 0) is 54.4 Å². The van der Waals surface area contributed by atoms with E-state index in [4.69, 9.17) is 15.2 Å². The Balaban J connectivity index is 2.22. The molecule has 2 N–H and O–H groups in total. The van der Waals surface area contributed by atoms with E-state index in [9.17, 15) is 0 Å². The van der Waals surface area contributed by atoms with Crippen LogP contribution in [0.5, 0.6) is 11.5 Å². The summed E-state index contributed by atoms with van der Waals surface area (Å²) in [5.41, 5.74) is 7.83. The number of ether oxygens (including phenoxy) is 2. The van der Waals surface area contributed by atoms with E-state index in [0.29, 0.717) is 13.2 Å². The Kier molecular flexibility index (Phi) is 5.59. The van der Waals surface area contributed by atoms with Gasteiger partial charge in [-0.1, -0.05) is 28.1 Å². The molecule has 20 heavy (non-hydrogen) atoms. The summed E-state index contributed by atoms with van der Waals surface area (Å²) in [5.74, 6) is 1.65. The second-order valence-electron chi connectivity index (χ2n) is 4.47. The highest BCUT2D eigenvalue weighted by atomic mass is 79.9. The monoisotopic (exact) mass is 335 g/mol. The Labute approximate surface area is 127 Å². The molecule has 0 aliphatic heterocycles. The van der Waals surface area contributed by atoms with Crippen LogP contribution in [-0.2, 0) is 17.8 Å². The largest absolute Gasteiger partial charge is 0.457 e. The first kappa shape index (κ1) is 15.0. The summed E-state index contributed by atoms with van der Waals surface area (Å²) in [6.45, 7) is 1.17. The lowest BCUT2D eigenvalue weighted by Crippen LogP contribution is -2.04. The molecule has 0 saturated heterocycles. The second kappa shape index (κ2) is 7.43. The average molecular weight is 336 g/mol. The Morgan fingerprint density at radius 2 is 2.00 bits per heavy atom. The van der Waals surface area contributed by atoms with Crippen molar-refractivity contribution in [1.82, 2.24) is 0 Å². The molecule has 0 aliphatic rings. The molecule has 0 fully saturated rings. The van der Waals surface area contributed by atoms with Crippen LogP contribution in [0.4, 0.5) is 0 Å². The van der Waals surface area contributed by atoms with Crippen LogP contribution in [0.1, 0.15) is 11.1 Å². The van der Waals surface area contributed by atoms with Crippen molar-refractivity contribution in [3.8, 4) is 11.5 Å². The third kappa shape index (κ3) is 4.07. The molecule has 0 radical (unpaired) electrons. The SMILES string of the molecule is COCc1cccc(Oc2ccc(Br)cc2CCN)c1. The Morgan fingerprint density at radius 1 is 1.15 bits per heavy atom. The number of benzene rings is 2. The molecule has 0 aromatic heterocycles. The van der Waals surface area contributed by atoms with Gasteiger partial charge in [-0.3, -0.25) is 0 Å². The van der Waals surface area contributed by atoms with Crippen molar-refractivity contribution in [2.75, 3.05) is 13.7 Å². The Morgan fingerprint density at radius 3 is 2.75 bits per heavy atom. The summed E-state index contributed by atoms with van der Waals surface area (Å²) >= 11 is 3.47. The van der Waals surface area contributed by atoms with E-state index in [2.05, 4.69) is 15.9 Å². The van der Waals surface area contributed by atoms with Gasteiger partial charge in [0, 0.05) is 11.6 Å². The summed E-state index contributed by atoms with van der Waals surface area (Å²) < 4.78 is 12.1. The zero-order valence-electron chi connectivity index (χ0n) is 11.4. The summed E-state index contributed by atoms with van der Waals surface area (Å²) in [7, 11) is 1.68. The number of methoxy groups -OCH3 is 1. The first-order chi connectivity index (χ1) is 9.72. The van der Waals surface area contributed by atoms with Crippen LogP contribution >= 0.6 is 15.9 Å². The fourth-order valence-corrected chi connectivity index (χ4v) is 2.40. The topological polar surface area (TPSA) is 44.5 Å². The smallest absolute Gasteiger partial charge is 0.130 e. The van der Waals surface area contributed by atoms with Gasteiger partial charge in [-0.25, -0.2) is 0 Å². The normalized spacial score (nSPS) is 10.6. The standard InChI is InChI=1S/C16H18BrNO2/c1-19-11-12-3-2-4-15(9-12)20-16-6-5-14(17)10-13(16)7-8-18/h2-6,9-10H,7-8,11,18H2,1H3. The van der Waals surface area contributed by atoms with E-state index in [0.717, 1.165) is 33.5 Å². The molecule has 0 bridgehead atoms. The van der Waals surface area contributed by atoms with Crippen LogP contribution in [0, 0.1) is 0 Å². The first-order valence-electron chi connectivity index (χ1n) is 6.47. The van der Waals surface area contributed by atoms with Crippen molar-refractivity contribution in [3.05, 3.63) is 58.1 Å². The number of hydrogen-bond donors (Lipinski definition) is 1. The van der Waals surface area contributed by atoms with Crippen LogP contribution in [0.2, 0.25) is 0 Å². The minimum atomic E-state index is 0.577. The van der Waals surface area contributed by atoms with Gasteiger partial charge in [0.05, 0.1) is 6.61 Å². The fourth-order valence-electron chi connectivity index (χ4n) is 1.99. The molecule has 0 amide bonds. The highest BCUT2D eigenvalue weighted by molar-refractivity contribution is 9.10. The van der Waals surface area contributed by atoms with Gasteiger partial charge >= 0.3 is 0 Å². The minimum absolute atomic E-state index is 0.577. The lowest BCUT2D eigenvalue weighted by Gasteiger charge is -2.12. The minimum Gasteiger partial charge on any atom is -0.457 e. The molecule has 3 nitrogen and oxygen atoms in total. The van der Waals surface area contributed by atoms with Crippen molar-refractivity contribution in [1.29, 1.82) is 0 Å². The molecular formula is C16H18BrNO2. The predicted molar refractivity (Wildman–Crippen MR) is 84.1 cm³/mol. The van der Waals surface area contributed by atoms with E-state index in [1.807, 2.05) is 42.5 Å². The van der Waals surface area contributed by atoms with Gasteiger partial charge in [-0.15, -0.1) is 0 Å². The van der Waals surface area contributed by atoms with Gasteiger partial charge < -0.3 is 15.2 Å². The molecule has 2 aromatic rings. The third-order valence-corrected chi connectivity index (χ3v) is 3.37. The maximum atomic E-state index is 5.97. The van der Waals surface area contributed by atoms with Crippen LogP contribution in [0.15, 0.2) is 46.9 Å². The maximum Gasteiger partial charge on any atom is 0.130 e. The Hall–Kier alpha value is -1.36. The molecule has 106 valence electrons. The molecule has 0 aliphatic carbocycles. The van der Waals surface area contributed by atoms with E-state index >= 15 is 0 Å². The molecule has 0 saturated carbocycles. The van der Waals surface area contributed by atoms with Crippen molar-refractivity contribution in [2.45, 2.75) is 13.0 Å². The van der Waals surface area contributed by atoms with Gasteiger partial charge in [-0.2, -0.15) is 0 Å². The summed E-state index contributed by atoms with van der Waals surface area (Å²) in [4.78, 5) is 0. The first-order valence-corrected chi connectivity index (χ1v) is 7.26. The van der Waals surface area contributed by atoms with Crippen LogP contribution < -0.4 is 10.5 Å². The van der Waals surface area contributed by atoms with E-state index < -0.39 is 0 Å². The summed E-state index contributed by atoms with van der Waals surface area (Å²) in [6.07, 6.45) is 0.784. The molecule has 0 spiro atoms. The second-order valence-corrected chi connectivity index (χ2v) is 5.39. The van der Waals surface area contributed by atoms with Gasteiger partial charge in [0.15, 0.2) is 0 Å². The highest BCUT2D eigenvalue weighted by Gasteiger charge is 2.06.